The van der Waals surface area contributed by atoms with Crippen molar-refractivity contribution in [3.8, 4) is 11.5 Å². The topological polar surface area (TPSA) is 73.6 Å². The van der Waals surface area contributed by atoms with Gasteiger partial charge in [0, 0.05) is 18.0 Å². The maximum absolute atomic E-state index is 11.9. The van der Waals surface area contributed by atoms with E-state index in [1.165, 1.54) is 0 Å². The average Bonchev–Trinajstić information content (AvgIpc) is 2.34. The second-order valence-corrected chi connectivity index (χ2v) is 4.48. The van der Waals surface area contributed by atoms with Gasteiger partial charge in [-0.15, -0.1) is 0 Å². The van der Waals surface area contributed by atoms with E-state index in [-0.39, 0.29) is 17.9 Å². The largest absolute Gasteiger partial charge is 0.497 e. The predicted molar refractivity (Wildman–Crippen MR) is 68.9 cm³/mol. The van der Waals surface area contributed by atoms with Crippen molar-refractivity contribution in [2.75, 3.05) is 19.5 Å². The van der Waals surface area contributed by atoms with Gasteiger partial charge in [-0.05, 0) is 25.0 Å². The van der Waals surface area contributed by atoms with E-state index in [1.54, 1.807) is 32.4 Å². The molecule has 5 heteroatoms. The van der Waals surface area contributed by atoms with Gasteiger partial charge in [0.1, 0.15) is 11.5 Å². The Morgan fingerprint density at radius 3 is 2.61 bits per heavy atom. The summed E-state index contributed by atoms with van der Waals surface area (Å²) in [6.07, 6.45) is 1.50. The number of nitrogens with two attached hydrogens (primary N) is 1. The van der Waals surface area contributed by atoms with Crippen LogP contribution in [0.4, 0.5) is 5.69 Å². The monoisotopic (exact) mass is 250 g/mol. The van der Waals surface area contributed by atoms with E-state index in [4.69, 9.17) is 15.2 Å². The number of ether oxygens (including phenoxy) is 2. The fourth-order valence-corrected chi connectivity index (χ4v) is 2.02. The number of methoxy groups -OCH3 is 2. The van der Waals surface area contributed by atoms with E-state index < -0.39 is 0 Å². The molecule has 18 heavy (non-hydrogen) atoms. The molecule has 0 radical (unpaired) electrons. The van der Waals surface area contributed by atoms with Crippen molar-refractivity contribution in [2.24, 2.45) is 11.7 Å². The van der Waals surface area contributed by atoms with Gasteiger partial charge in [0.05, 0.1) is 19.9 Å². The van der Waals surface area contributed by atoms with Gasteiger partial charge in [-0.1, -0.05) is 0 Å². The van der Waals surface area contributed by atoms with Crippen LogP contribution in [0, 0.1) is 5.92 Å². The fraction of sp³-hybridized carbons (Fsp3) is 0.462. The molecule has 0 atom stereocenters. The number of benzene rings is 1. The molecule has 0 saturated heterocycles. The highest BCUT2D eigenvalue weighted by atomic mass is 16.5. The minimum atomic E-state index is -0.0109. The molecule has 3 N–H and O–H groups in total. The third-order valence-electron chi connectivity index (χ3n) is 3.21. The Balaban J connectivity index is 2.09. The molecule has 1 aliphatic carbocycles. The Morgan fingerprint density at radius 1 is 1.33 bits per heavy atom. The van der Waals surface area contributed by atoms with Crippen LogP contribution < -0.4 is 20.5 Å². The van der Waals surface area contributed by atoms with E-state index in [2.05, 4.69) is 5.32 Å². The van der Waals surface area contributed by atoms with E-state index in [0.717, 1.165) is 12.8 Å². The molecular weight excluding hydrogens is 232 g/mol. The molecule has 0 spiro atoms. The first-order valence-corrected chi connectivity index (χ1v) is 5.92. The lowest BCUT2D eigenvalue weighted by molar-refractivity contribution is -0.122. The van der Waals surface area contributed by atoms with Crippen molar-refractivity contribution in [3.63, 3.8) is 0 Å². The van der Waals surface area contributed by atoms with E-state index in [9.17, 15) is 4.79 Å². The number of hydrogen-bond acceptors (Lipinski definition) is 4. The second-order valence-electron chi connectivity index (χ2n) is 4.48. The van der Waals surface area contributed by atoms with Crippen molar-refractivity contribution in [1.29, 1.82) is 0 Å². The van der Waals surface area contributed by atoms with Gasteiger partial charge in [-0.3, -0.25) is 4.79 Å². The van der Waals surface area contributed by atoms with Crippen molar-refractivity contribution in [2.45, 2.75) is 18.9 Å². The molecule has 1 aromatic rings. The highest BCUT2D eigenvalue weighted by Crippen LogP contribution is 2.32. The van der Waals surface area contributed by atoms with Gasteiger partial charge in [0.25, 0.3) is 0 Å². The minimum Gasteiger partial charge on any atom is -0.497 e. The Morgan fingerprint density at radius 2 is 2.06 bits per heavy atom. The molecular formula is C13H18N2O3. The van der Waals surface area contributed by atoms with Gasteiger partial charge in [-0.25, -0.2) is 0 Å². The number of hydrogen-bond donors (Lipinski definition) is 2. The van der Waals surface area contributed by atoms with E-state index >= 15 is 0 Å². The molecule has 1 amide bonds. The first-order chi connectivity index (χ1) is 8.63. The van der Waals surface area contributed by atoms with Crippen molar-refractivity contribution >= 4 is 11.6 Å². The summed E-state index contributed by atoms with van der Waals surface area (Å²) in [4.78, 5) is 11.9. The number of amides is 1. The predicted octanol–water partition coefficient (Wildman–Crippen LogP) is 1.38. The highest BCUT2D eigenvalue weighted by molar-refractivity contribution is 5.94. The third-order valence-corrected chi connectivity index (χ3v) is 3.21. The molecule has 0 aromatic heterocycles. The molecule has 5 nitrogen and oxygen atoms in total. The summed E-state index contributed by atoms with van der Waals surface area (Å²) in [5, 5.41) is 2.86. The van der Waals surface area contributed by atoms with Crippen LogP contribution in [0.2, 0.25) is 0 Å². The molecule has 0 heterocycles. The summed E-state index contributed by atoms with van der Waals surface area (Å²) in [5.41, 5.74) is 6.30. The first-order valence-electron chi connectivity index (χ1n) is 5.92. The zero-order valence-electron chi connectivity index (χ0n) is 10.6. The van der Waals surface area contributed by atoms with Crippen molar-refractivity contribution < 1.29 is 14.3 Å². The van der Waals surface area contributed by atoms with Gasteiger partial charge in [0.2, 0.25) is 5.91 Å². The number of anilines is 1. The second kappa shape index (κ2) is 5.27. The number of carbonyl (C=O) groups is 1. The molecule has 1 fully saturated rings. The maximum atomic E-state index is 11.9. The van der Waals surface area contributed by atoms with E-state index in [0.29, 0.717) is 17.2 Å². The molecule has 1 aliphatic rings. The van der Waals surface area contributed by atoms with Crippen LogP contribution in [-0.4, -0.2) is 26.2 Å². The summed E-state index contributed by atoms with van der Waals surface area (Å²) in [5.74, 6) is 1.29. The first kappa shape index (κ1) is 12.7. The Labute approximate surface area is 106 Å². The number of carbonyl (C=O) groups excluding carboxylic acids is 1. The molecule has 98 valence electrons. The lowest BCUT2D eigenvalue weighted by Crippen LogP contribution is -2.42. The number of nitrogens with one attached hydrogen (secondary N) is 1. The number of rotatable bonds is 4. The normalized spacial score (nSPS) is 21.9. The van der Waals surface area contributed by atoms with Crippen molar-refractivity contribution in [3.05, 3.63) is 18.2 Å². The lowest BCUT2D eigenvalue weighted by atomic mass is 9.80. The van der Waals surface area contributed by atoms with Crippen LogP contribution in [-0.2, 0) is 4.79 Å². The summed E-state index contributed by atoms with van der Waals surface area (Å²) in [6.45, 7) is 0. The van der Waals surface area contributed by atoms with Crippen LogP contribution >= 0.6 is 0 Å². The van der Waals surface area contributed by atoms with Crippen LogP contribution in [0.5, 0.6) is 11.5 Å². The molecule has 0 bridgehead atoms. The van der Waals surface area contributed by atoms with Gasteiger partial charge in [0.15, 0.2) is 0 Å². The van der Waals surface area contributed by atoms with Gasteiger partial charge < -0.3 is 20.5 Å². The Hall–Kier alpha value is -1.75. The Bertz CT molecular complexity index is 442. The average molecular weight is 250 g/mol. The third kappa shape index (κ3) is 2.56. The molecule has 0 unspecified atom stereocenters. The summed E-state index contributed by atoms with van der Waals surface area (Å²) in [6, 6.07) is 5.46. The van der Waals surface area contributed by atoms with Crippen molar-refractivity contribution in [1.82, 2.24) is 0 Å². The van der Waals surface area contributed by atoms with Gasteiger partial charge >= 0.3 is 0 Å². The fourth-order valence-electron chi connectivity index (χ4n) is 2.02. The summed E-state index contributed by atoms with van der Waals surface area (Å²) in [7, 11) is 3.15. The van der Waals surface area contributed by atoms with Crippen LogP contribution in [0.25, 0.3) is 0 Å². The Kier molecular flexibility index (Phi) is 3.72. The highest BCUT2D eigenvalue weighted by Gasteiger charge is 2.32. The molecule has 1 saturated carbocycles. The van der Waals surface area contributed by atoms with Crippen LogP contribution in [0.1, 0.15) is 12.8 Å². The SMILES string of the molecule is COc1ccc(OC)c(NC(=O)C2CC(N)C2)c1. The minimum absolute atomic E-state index is 0.0101. The standard InChI is InChI=1S/C13H18N2O3/c1-17-10-3-4-12(18-2)11(7-10)15-13(16)8-5-9(14)6-8/h3-4,7-9H,5-6,14H2,1-2H3,(H,15,16). The van der Waals surface area contributed by atoms with Crippen LogP contribution in [0.3, 0.4) is 0 Å². The smallest absolute Gasteiger partial charge is 0.227 e. The quantitative estimate of drug-likeness (QED) is 0.846. The van der Waals surface area contributed by atoms with Gasteiger partial charge in [-0.2, -0.15) is 0 Å². The molecule has 1 aromatic carbocycles. The van der Waals surface area contributed by atoms with Crippen LogP contribution in [0.15, 0.2) is 18.2 Å². The lowest BCUT2D eigenvalue weighted by Gasteiger charge is -2.31. The summed E-state index contributed by atoms with van der Waals surface area (Å²) >= 11 is 0. The zero-order chi connectivity index (χ0) is 13.1. The molecule has 0 aliphatic heterocycles. The van der Waals surface area contributed by atoms with E-state index in [1.807, 2.05) is 0 Å². The zero-order valence-corrected chi connectivity index (χ0v) is 10.6. The summed E-state index contributed by atoms with van der Waals surface area (Å²) < 4.78 is 10.3. The molecule has 2 rings (SSSR count). The maximum Gasteiger partial charge on any atom is 0.227 e.